The fraction of sp³-hybridized carbons (Fsp3) is 0.647. The fourth-order valence-corrected chi connectivity index (χ4v) is 3.02. The minimum absolute atomic E-state index is 0.0493. The molecule has 1 fully saturated rings. The highest BCUT2D eigenvalue weighted by Gasteiger charge is 2.28. The van der Waals surface area contributed by atoms with Crippen molar-refractivity contribution in [2.45, 2.75) is 46.1 Å². The molecule has 21 heavy (non-hydrogen) atoms. The highest BCUT2D eigenvalue weighted by atomic mass is 19.1. The Balaban J connectivity index is 2.18. The largest absolute Gasteiger partial charge is 0.366 e. The number of nitrogens with two attached hydrogens (primary N) is 1. The van der Waals surface area contributed by atoms with Gasteiger partial charge >= 0.3 is 0 Å². The predicted octanol–water partition coefficient (Wildman–Crippen LogP) is 3.73. The summed E-state index contributed by atoms with van der Waals surface area (Å²) in [4.78, 5) is 1.85. The molecule has 1 aliphatic heterocycles. The summed E-state index contributed by atoms with van der Waals surface area (Å²) in [6, 6.07) is 2.83. The zero-order valence-corrected chi connectivity index (χ0v) is 13.2. The fourth-order valence-electron chi connectivity index (χ4n) is 3.02. The van der Waals surface area contributed by atoms with Crippen LogP contribution in [0.5, 0.6) is 0 Å². The van der Waals surface area contributed by atoms with Gasteiger partial charge in [0.2, 0.25) is 0 Å². The highest BCUT2D eigenvalue weighted by Crippen LogP contribution is 2.32. The molecule has 2 nitrogen and oxygen atoms in total. The third-order valence-electron chi connectivity index (χ3n) is 4.58. The van der Waals surface area contributed by atoms with E-state index in [2.05, 4.69) is 13.8 Å². The Hall–Kier alpha value is -1.16. The van der Waals surface area contributed by atoms with E-state index in [1.807, 2.05) is 11.8 Å². The van der Waals surface area contributed by atoms with Crippen LogP contribution >= 0.6 is 0 Å². The molecule has 1 aromatic carbocycles. The van der Waals surface area contributed by atoms with E-state index in [4.69, 9.17) is 5.73 Å². The molecule has 0 radical (unpaired) electrons. The molecular weight excluding hydrogens is 270 g/mol. The van der Waals surface area contributed by atoms with Crippen molar-refractivity contribution in [1.82, 2.24) is 0 Å². The van der Waals surface area contributed by atoms with Gasteiger partial charge in [-0.05, 0) is 48.8 Å². The maximum atomic E-state index is 14.3. The van der Waals surface area contributed by atoms with Crippen molar-refractivity contribution < 1.29 is 8.78 Å². The average Bonchev–Trinajstić information content (AvgIpc) is 2.87. The Kier molecular flexibility index (Phi) is 5.20. The van der Waals surface area contributed by atoms with E-state index in [1.54, 1.807) is 0 Å². The number of benzene rings is 1. The van der Waals surface area contributed by atoms with Crippen molar-refractivity contribution >= 4 is 5.69 Å². The van der Waals surface area contributed by atoms with E-state index >= 15 is 0 Å². The van der Waals surface area contributed by atoms with E-state index in [9.17, 15) is 8.78 Å². The third kappa shape index (κ3) is 3.73. The molecule has 0 bridgehead atoms. The molecule has 1 aromatic rings. The maximum absolute atomic E-state index is 14.3. The van der Waals surface area contributed by atoms with Gasteiger partial charge in [-0.3, -0.25) is 0 Å². The topological polar surface area (TPSA) is 29.3 Å². The lowest BCUT2D eigenvalue weighted by molar-refractivity contribution is 0.422. The van der Waals surface area contributed by atoms with Crippen molar-refractivity contribution in [3.8, 4) is 0 Å². The third-order valence-corrected chi connectivity index (χ3v) is 4.58. The van der Waals surface area contributed by atoms with E-state index in [1.165, 1.54) is 12.1 Å². The first-order valence-corrected chi connectivity index (χ1v) is 7.90. The summed E-state index contributed by atoms with van der Waals surface area (Å²) < 4.78 is 28.6. The van der Waals surface area contributed by atoms with Crippen LogP contribution in [0.1, 0.15) is 39.2 Å². The van der Waals surface area contributed by atoms with Gasteiger partial charge in [-0.25, -0.2) is 8.78 Å². The number of nitrogens with zero attached hydrogens (tertiary/aromatic N) is 1. The maximum Gasteiger partial charge on any atom is 0.149 e. The van der Waals surface area contributed by atoms with Gasteiger partial charge in [-0.15, -0.1) is 0 Å². The summed E-state index contributed by atoms with van der Waals surface area (Å²) in [6.07, 6.45) is 2.31. The molecule has 1 heterocycles. The van der Waals surface area contributed by atoms with E-state index < -0.39 is 11.6 Å². The summed E-state index contributed by atoms with van der Waals surface area (Å²) in [5, 5.41) is 0. The molecule has 2 unspecified atom stereocenters. The van der Waals surface area contributed by atoms with Gasteiger partial charge in [0.05, 0.1) is 0 Å². The molecule has 2 rings (SSSR count). The smallest absolute Gasteiger partial charge is 0.149 e. The van der Waals surface area contributed by atoms with E-state index in [0.717, 1.165) is 25.9 Å². The highest BCUT2D eigenvalue weighted by molar-refractivity contribution is 5.51. The number of rotatable bonds is 5. The van der Waals surface area contributed by atoms with Crippen LogP contribution < -0.4 is 10.6 Å². The number of hydrogen-bond donors (Lipinski definition) is 1. The Bertz CT molecular complexity index is 465. The van der Waals surface area contributed by atoms with Crippen LogP contribution in [0.3, 0.4) is 0 Å². The molecule has 0 saturated carbocycles. The Morgan fingerprint density at radius 2 is 1.90 bits per heavy atom. The van der Waals surface area contributed by atoms with Crippen molar-refractivity contribution in [1.29, 1.82) is 0 Å². The minimum atomic E-state index is -0.460. The average molecular weight is 296 g/mol. The lowest BCUT2D eigenvalue weighted by atomic mass is 9.95. The standard InChI is InChI=1S/C17H26F2N2/c1-4-14(20)7-12-8-15(18)17(16(19)9-12)21-6-5-13(10-21)11(2)3/h8-9,11,13-14H,4-7,10,20H2,1-3H3. The van der Waals surface area contributed by atoms with Gasteiger partial charge in [-0.2, -0.15) is 0 Å². The van der Waals surface area contributed by atoms with Crippen LogP contribution in [0.15, 0.2) is 12.1 Å². The van der Waals surface area contributed by atoms with Crippen LogP contribution in [0.2, 0.25) is 0 Å². The summed E-state index contributed by atoms with van der Waals surface area (Å²) in [5.74, 6) is 0.135. The van der Waals surface area contributed by atoms with E-state index in [-0.39, 0.29) is 11.7 Å². The Morgan fingerprint density at radius 3 is 2.38 bits per heavy atom. The summed E-state index contributed by atoms with van der Waals surface area (Å²) in [5.41, 5.74) is 6.63. The van der Waals surface area contributed by atoms with Gasteiger partial charge in [0.25, 0.3) is 0 Å². The molecule has 4 heteroatoms. The zero-order chi connectivity index (χ0) is 15.6. The summed E-state index contributed by atoms with van der Waals surface area (Å²) >= 11 is 0. The van der Waals surface area contributed by atoms with Gasteiger partial charge in [-0.1, -0.05) is 20.8 Å². The lowest BCUT2D eigenvalue weighted by Crippen LogP contribution is -2.24. The van der Waals surface area contributed by atoms with Gasteiger partial charge < -0.3 is 10.6 Å². The first kappa shape index (κ1) is 16.2. The molecule has 1 aliphatic rings. The summed E-state index contributed by atoms with van der Waals surface area (Å²) in [7, 11) is 0. The van der Waals surface area contributed by atoms with Gasteiger partial charge in [0.1, 0.15) is 17.3 Å². The molecule has 0 amide bonds. The van der Waals surface area contributed by atoms with Crippen molar-refractivity contribution in [2.24, 2.45) is 17.6 Å². The Morgan fingerprint density at radius 1 is 1.29 bits per heavy atom. The van der Waals surface area contributed by atoms with Crippen LogP contribution in [0.25, 0.3) is 0 Å². The lowest BCUT2D eigenvalue weighted by Gasteiger charge is -2.22. The van der Waals surface area contributed by atoms with Crippen LogP contribution in [0, 0.1) is 23.5 Å². The first-order valence-electron chi connectivity index (χ1n) is 7.90. The van der Waals surface area contributed by atoms with Crippen LogP contribution in [0.4, 0.5) is 14.5 Å². The predicted molar refractivity (Wildman–Crippen MR) is 83.5 cm³/mol. The molecule has 0 spiro atoms. The van der Waals surface area contributed by atoms with Crippen molar-refractivity contribution in [2.75, 3.05) is 18.0 Å². The number of anilines is 1. The van der Waals surface area contributed by atoms with Crippen LogP contribution in [-0.4, -0.2) is 19.1 Å². The van der Waals surface area contributed by atoms with E-state index in [0.29, 0.717) is 23.8 Å². The Labute approximate surface area is 126 Å². The molecule has 0 aliphatic carbocycles. The van der Waals surface area contributed by atoms with Crippen molar-refractivity contribution in [3.05, 3.63) is 29.3 Å². The van der Waals surface area contributed by atoms with Gasteiger partial charge in [0, 0.05) is 19.1 Å². The second-order valence-corrected chi connectivity index (χ2v) is 6.52. The van der Waals surface area contributed by atoms with Crippen LogP contribution in [-0.2, 0) is 6.42 Å². The van der Waals surface area contributed by atoms with Crippen molar-refractivity contribution in [3.63, 3.8) is 0 Å². The normalized spacial score (nSPS) is 20.3. The first-order chi connectivity index (χ1) is 9.92. The minimum Gasteiger partial charge on any atom is -0.366 e. The summed E-state index contributed by atoms with van der Waals surface area (Å²) in [6.45, 7) is 7.76. The molecule has 0 aromatic heterocycles. The molecular formula is C17H26F2N2. The number of hydrogen-bond acceptors (Lipinski definition) is 2. The van der Waals surface area contributed by atoms with Gasteiger partial charge in [0.15, 0.2) is 0 Å². The second kappa shape index (κ2) is 6.73. The SMILES string of the molecule is CCC(N)Cc1cc(F)c(N2CCC(C(C)C)C2)c(F)c1. The zero-order valence-electron chi connectivity index (χ0n) is 13.2. The molecule has 1 saturated heterocycles. The molecule has 2 N–H and O–H groups in total. The quantitative estimate of drug-likeness (QED) is 0.897. The second-order valence-electron chi connectivity index (χ2n) is 6.52. The molecule has 118 valence electrons. The monoisotopic (exact) mass is 296 g/mol. The number of halogens is 2. The molecule has 2 atom stereocenters.